The Morgan fingerprint density at radius 1 is 0.635 bits per heavy atom. The van der Waals surface area contributed by atoms with Crippen molar-refractivity contribution in [2.24, 2.45) is 0 Å². The number of rotatable bonds is 12. The van der Waals surface area contributed by atoms with Gasteiger partial charge in [-0.15, -0.1) is 22.7 Å². The van der Waals surface area contributed by atoms with Crippen molar-refractivity contribution in [3.63, 3.8) is 0 Å². The van der Waals surface area contributed by atoms with Crippen LogP contribution in [0.1, 0.15) is 44.1 Å². The molecule has 6 N–H and O–H groups in total. The fourth-order valence-electron chi connectivity index (χ4n) is 5.09. The Balaban J connectivity index is 1.05. The van der Waals surface area contributed by atoms with Gasteiger partial charge in [-0.25, -0.2) is 0 Å². The summed E-state index contributed by atoms with van der Waals surface area (Å²) in [6.07, 6.45) is -2.62. The normalized spacial score (nSPS) is 12.5. The third kappa shape index (κ3) is 8.45. The Morgan fingerprint density at radius 2 is 1.04 bits per heavy atom. The lowest BCUT2D eigenvalue weighted by molar-refractivity contribution is 0.101. The van der Waals surface area contributed by atoms with Crippen molar-refractivity contribution in [1.29, 1.82) is 10.5 Å². The number of carbonyl (C=O) groups is 2. The zero-order valence-electron chi connectivity index (χ0n) is 27.1. The molecule has 0 fully saturated rings. The molecule has 258 valence electrons. The first-order valence-electron chi connectivity index (χ1n) is 15.6. The molecule has 2 heterocycles. The number of thiophene rings is 2. The van der Waals surface area contributed by atoms with Gasteiger partial charge in [0.05, 0.1) is 34.9 Å². The van der Waals surface area contributed by atoms with Crippen molar-refractivity contribution in [2.75, 3.05) is 22.1 Å². The van der Waals surface area contributed by atoms with Gasteiger partial charge in [0.2, 0.25) is 0 Å². The largest absolute Gasteiger partial charge is 0.397 e. The number of nitrogens with one attached hydrogen (secondary N) is 2. The lowest BCUT2D eigenvalue weighted by atomic mass is 10.1. The van der Waals surface area contributed by atoms with Crippen LogP contribution < -0.4 is 22.1 Å². The second-order valence-corrected chi connectivity index (χ2v) is 14.1. The van der Waals surface area contributed by atoms with Gasteiger partial charge in [-0.1, -0.05) is 48.5 Å². The molecule has 0 aliphatic rings. The van der Waals surface area contributed by atoms with E-state index in [1.54, 1.807) is 46.9 Å². The summed E-state index contributed by atoms with van der Waals surface area (Å²) in [6, 6.07) is 34.5. The predicted octanol–water partition coefficient (Wildman–Crippen LogP) is 9.07. The zero-order chi connectivity index (χ0) is 36.6. The first-order chi connectivity index (χ1) is 25.2. The molecule has 0 saturated heterocycles. The second-order valence-electron chi connectivity index (χ2n) is 11.2. The molecule has 11 nitrogen and oxygen atoms in total. The number of anilines is 4. The average Bonchev–Trinajstić information content (AvgIpc) is 3.91. The molecular weight excluding hydrogens is 716 g/mol. The van der Waals surface area contributed by atoms with E-state index < -0.39 is 32.3 Å². The van der Waals surface area contributed by atoms with Crippen LogP contribution in [-0.4, -0.2) is 11.8 Å². The van der Waals surface area contributed by atoms with E-state index in [9.17, 15) is 24.7 Å². The first-order valence-corrected chi connectivity index (χ1v) is 18.6. The molecule has 0 bridgehead atoms. The van der Waals surface area contributed by atoms with Crippen molar-refractivity contribution >= 4 is 65.5 Å². The Labute approximate surface area is 307 Å². The van der Waals surface area contributed by atoms with Crippen LogP contribution in [-0.2, 0) is 13.6 Å². The highest BCUT2D eigenvalue weighted by atomic mass is 32.1. The van der Waals surface area contributed by atoms with Crippen molar-refractivity contribution < 1.29 is 23.2 Å². The van der Waals surface area contributed by atoms with Crippen molar-refractivity contribution in [3.05, 3.63) is 142 Å². The summed E-state index contributed by atoms with van der Waals surface area (Å²) in [4.78, 5) is 28.1. The Morgan fingerprint density at radius 3 is 1.38 bits per heavy atom. The number of hydrogen-bond acceptors (Lipinski definition) is 11. The van der Waals surface area contributed by atoms with Crippen molar-refractivity contribution in [3.8, 4) is 33.0 Å². The smallest absolute Gasteiger partial charge is 0.322 e. The molecule has 14 heteroatoms. The molecule has 6 rings (SSSR count). The summed E-state index contributed by atoms with van der Waals surface area (Å²) in [7, 11) is -3.37. The maximum atomic E-state index is 13.0. The van der Waals surface area contributed by atoms with Crippen LogP contribution in [0.4, 0.5) is 22.7 Å². The van der Waals surface area contributed by atoms with Gasteiger partial charge in [-0.05, 0) is 93.7 Å². The summed E-state index contributed by atoms with van der Waals surface area (Å²) in [5, 5.41) is 29.1. The minimum absolute atomic E-state index is 0.294. The van der Waals surface area contributed by atoms with Crippen LogP contribution in [0.25, 0.3) is 20.9 Å². The maximum Gasteiger partial charge on any atom is 0.322 e. The minimum Gasteiger partial charge on any atom is -0.397 e. The van der Waals surface area contributed by atoms with Crippen LogP contribution >= 0.6 is 30.9 Å². The van der Waals surface area contributed by atoms with E-state index in [-0.39, 0.29) is 0 Å². The molecule has 52 heavy (non-hydrogen) atoms. The standard InChI is InChI=1S/C38H29N6O5PS2/c39-21-33(23-5-9-25(10-6-23)37(45)43-31-19-27(13-15-29(31)41)35-3-1-17-51-35)48-50(47)49-34(22-40)24-7-11-26(12-8-24)38(46)44-32-20-28(14-16-30(32)42)36-4-2-18-52-36/h1-20,33-34,50H,41-42H2,(H,43,45)(H,44,46). The zero-order valence-corrected chi connectivity index (χ0v) is 29.7. The summed E-state index contributed by atoms with van der Waals surface area (Å²) >= 11 is 3.14. The van der Waals surface area contributed by atoms with Gasteiger partial charge in [0.25, 0.3) is 11.8 Å². The lowest BCUT2D eigenvalue weighted by Crippen LogP contribution is -2.13. The topological polar surface area (TPSA) is 193 Å². The van der Waals surface area contributed by atoms with Gasteiger partial charge in [0.1, 0.15) is 0 Å². The highest BCUT2D eigenvalue weighted by Gasteiger charge is 2.21. The van der Waals surface area contributed by atoms with E-state index in [0.29, 0.717) is 45.0 Å². The summed E-state index contributed by atoms with van der Waals surface area (Å²) in [5.41, 5.74) is 17.0. The molecule has 2 aromatic heterocycles. The number of nitriles is 2. The number of nitrogens with zero attached hydrogens (tertiary/aromatic N) is 2. The van der Waals surface area contributed by atoms with E-state index in [4.69, 9.17) is 20.5 Å². The van der Waals surface area contributed by atoms with Crippen molar-refractivity contribution in [2.45, 2.75) is 12.2 Å². The molecule has 0 aliphatic heterocycles. The molecule has 6 aromatic rings. The van der Waals surface area contributed by atoms with E-state index in [2.05, 4.69) is 10.6 Å². The van der Waals surface area contributed by atoms with Crippen LogP contribution in [0.3, 0.4) is 0 Å². The molecule has 0 aliphatic carbocycles. The van der Waals surface area contributed by atoms with Gasteiger partial charge in [-0.3, -0.25) is 23.2 Å². The average molecular weight is 745 g/mol. The number of nitrogen functional groups attached to an aromatic ring is 2. The first kappa shape index (κ1) is 35.8. The van der Waals surface area contributed by atoms with Crippen LogP contribution in [0.5, 0.6) is 0 Å². The summed E-state index contributed by atoms with van der Waals surface area (Å²) in [5.74, 6) is -0.832. The second kappa shape index (κ2) is 16.3. The monoisotopic (exact) mass is 744 g/mol. The fourth-order valence-corrected chi connectivity index (χ4v) is 7.35. The van der Waals surface area contributed by atoms with Gasteiger partial charge < -0.3 is 22.1 Å². The van der Waals surface area contributed by atoms with Crippen LogP contribution in [0.15, 0.2) is 120 Å². The van der Waals surface area contributed by atoms with E-state index in [1.165, 1.54) is 48.5 Å². The highest BCUT2D eigenvalue weighted by Crippen LogP contribution is 2.38. The minimum atomic E-state index is -3.37. The number of amides is 2. The van der Waals surface area contributed by atoms with Crippen LogP contribution in [0.2, 0.25) is 0 Å². The summed E-state index contributed by atoms with van der Waals surface area (Å²) in [6.45, 7) is 0. The fraction of sp³-hybridized carbons (Fsp3) is 0.0526. The molecule has 0 radical (unpaired) electrons. The molecule has 2 unspecified atom stereocenters. The van der Waals surface area contributed by atoms with E-state index >= 15 is 0 Å². The summed E-state index contributed by atoms with van der Waals surface area (Å²) < 4.78 is 23.7. The van der Waals surface area contributed by atoms with Gasteiger partial charge in [0, 0.05) is 20.9 Å². The van der Waals surface area contributed by atoms with Gasteiger partial charge >= 0.3 is 8.25 Å². The predicted molar refractivity (Wildman–Crippen MR) is 205 cm³/mol. The number of benzene rings is 4. The Bertz CT molecular complexity index is 2150. The third-order valence-electron chi connectivity index (χ3n) is 7.83. The molecule has 2 amide bonds. The lowest BCUT2D eigenvalue weighted by Gasteiger charge is -2.15. The Kier molecular flexibility index (Phi) is 11.2. The molecule has 2 atom stereocenters. The molecular formula is C38H29N6O5PS2. The van der Waals surface area contributed by atoms with Crippen LogP contribution in [0, 0.1) is 22.7 Å². The maximum absolute atomic E-state index is 13.0. The van der Waals surface area contributed by atoms with E-state index in [0.717, 1.165) is 20.9 Å². The van der Waals surface area contributed by atoms with E-state index in [1.807, 2.05) is 59.3 Å². The molecule has 4 aromatic carbocycles. The third-order valence-corrected chi connectivity index (χ3v) is 10.5. The molecule has 0 saturated carbocycles. The quantitative estimate of drug-likeness (QED) is 0.0698. The number of hydrogen-bond donors (Lipinski definition) is 4. The molecule has 0 spiro atoms. The van der Waals surface area contributed by atoms with Gasteiger partial charge in [-0.2, -0.15) is 10.5 Å². The Hall–Kier alpha value is -6.05. The number of nitrogens with two attached hydrogens (primary N) is 2. The SMILES string of the molecule is N#CC(O[PH](=O)OC(C#N)c1ccc(C(=O)Nc2cc(-c3cccs3)ccc2N)cc1)c1ccc(C(=O)Nc2cc(-c3cccs3)ccc2N)cc1. The highest BCUT2D eigenvalue weighted by molar-refractivity contribution is 7.33. The number of carbonyl (C=O) groups excluding carboxylic acids is 2. The van der Waals surface area contributed by atoms with Crippen molar-refractivity contribution in [1.82, 2.24) is 0 Å². The van der Waals surface area contributed by atoms with Gasteiger partial charge in [0.15, 0.2) is 12.2 Å².